The van der Waals surface area contributed by atoms with E-state index in [1.807, 2.05) is 36.4 Å². The van der Waals surface area contributed by atoms with E-state index in [-0.39, 0.29) is 5.91 Å². The number of rotatable bonds is 4. The summed E-state index contributed by atoms with van der Waals surface area (Å²) in [6.45, 7) is 1.53. The van der Waals surface area contributed by atoms with Crippen molar-refractivity contribution in [3.63, 3.8) is 0 Å². The van der Waals surface area contributed by atoms with Crippen LogP contribution in [0.5, 0.6) is 0 Å². The Morgan fingerprint density at radius 3 is 2.90 bits per heavy atom. The second-order valence-electron chi connectivity index (χ2n) is 5.51. The molecule has 1 saturated heterocycles. The van der Waals surface area contributed by atoms with Crippen LogP contribution in [-0.2, 0) is 11.2 Å². The van der Waals surface area contributed by atoms with Crippen LogP contribution in [0.1, 0.15) is 12.2 Å². The van der Waals surface area contributed by atoms with Gasteiger partial charge < -0.3 is 15.2 Å². The number of aromatic nitrogens is 1. The summed E-state index contributed by atoms with van der Waals surface area (Å²) in [5.41, 5.74) is 1.40. The molecular weight excluding hydrogens is 266 g/mol. The number of carbonyl (C=O) groups excluding carboxylic acids is 1. The maximum Gasteiger partial charge on any atom is 0.227 e. The van der Waals surface area contributed by atoms with Crippen LogP contribution in [0, 0.1) is 5.41 Å². The number of carbonyl (C=O) groups is 1. The van der Waals surface area contributed by atoms with Crippen LogP contribution in [0.3, 0.4) is 0 Å². The number of nitrogens with zero attached hydrogens (tertiary/aromatic N) is 1. The second-order valence-corrected chi connectivity index (χ2v) is 5.51. The first kappa shape index (κ1) is 13.8. The van der Waals surface area contributed by atoms with Crippen molar-refractivity contribution >= 4 is 5.91 Å². The largest absolute Gasteiger partial charge is 0.361 e. The van der Waals surface area contributed by atoms with Crippen molar-refractivity contribution in [2.24, 2.45) is 5.41 Å². The van der Waals surface area contributed by atoms with Crippen molar-refractivity contribution in [2.45, 2.75) is 12.8 Å². The molecule has 21 heavy (non-hydrogen) atoms. The van der Waals surface area contributed by atoms with E-state index in [9.17, 15) is 4.79 Å². The van der Waals surface area contributed by atoms with E-state index in [2.05, 4.69) is 15.8 Å². The normalized spacial score (nSPS) is 21.4. The molecule has 0 unspecified atom stereocenters. The number of amides is 1. The fourth-order valence-electron chi connectivity index (χ4n) is 2.91. The van der Waals surface area contributed by atoms with Crippen LogP contribution in [0.4, 0.5) is 0 Å². The lowest BCUT2D eigenvalue weighted by Gasteiger charge is -2.24. The minimum absolute atomic E-state index is 0.0603. The fraction of sp³-hybridized carbons (Fsp3) is 0.375. The Balaban J connectivity index is 1.82. The summed E-state index contributed by atoms with van der Waals surface area (Å²) < 4.78 is 5.44. The van der Waals surface area contributed by atoms with Crippen molar-refractivity contribution in [1.29, 1.82) is 0 Å². The SMILES string of the molecule is CNC(=O)[C@]1(Cc2cc(-c3ccccc3)no2)CCNC1. The van der Waals surface area contributed by atoms with Crippen LogP contribution >= 0.6 is 0 Å². The summed E-state index contributed by atoms with van der Waals surface area (Å²) >= 11 is 0. The van der Waals surface area contributed by atoms with Crippen molar-refractivity contribution < 1.29 is 9.32 Å². The van der Waals surface area contributed by atoms with Gasteiger partial charge in [-0.3, -0.25) is 4.79 Å². The van der Waals surface area contributed by atoms with Gasteiger partial charge in [0.25, 0.3) is 0 Å². The zero-order valence-electron chi connectivity index (χ0n) is 12.1. The number of hydrogen-bond acceptors (Lipinski definition) is 4. The molecule has 2 N–H and O–H groups in total. The first-order chi connectivity index (χ1) is 10.2. The summed E-state index contributed by atoms with van der Waals surface area (Å²) in [5.74, 6) is 0.811. The lowest BCUT2D eigenvalue weighted by molar-refractivity contribution is -0.129. The third-order valence-corrected chi connectivity index (χ3v) is 4.09. The molecule has 3 rings (SSSR count). The predicted octanol–water partition coefficient (Wildman–Crippen LogP) is 1.61. The molecule has 1 fully saturated rings. The van der Waals surface area contributed by atoms with Gasteiger partial charge in [-0.25, -0.2) is 0 Å². The Hall–Kier alpha value is -2.14. The van der Waals surface area contributed by atoms with Crippen LogP contribution in [0.25, 0.3) is 11.3 Å². The van der Waals surface area contributed by atoms with Gasteiger partial charge >= 0.3 is 0 Å². The molecule has 0 bridgehead atoms. The first-order valence-corrected chi connectivity index (χ1v) is 7.17. The molecule has 1 aliphatic heterocycles. The molecule has 1 atom stereocenters. The Morgan fingerprint density at radius 1 is 1.43 bits per heavy atom. The van der Waals surface area contributed by atoms with Crippen LogP contribution < -0.4 is 10.6 Å². The molecule has 110 valence electrons. The molecule has 0 radical (unpaired) electrons. The molecule has 1 amide bonds. The molecule has 0 spiro atoms. The molecule has 0 saturated carbocycles. The van der Waals surface area contributed by atoms with Gasteiger partial charge in [-0.05, 0) is 13.0 Å². The van der Waals surface area contributed by atoms with Crippen LogP contribution in [-0.4, -0.2) is 31.2 Å². The van der Waals surface area contributed by atoms with Gasteiger partial charge in [0.1, 0.15) is 11.5 Å². The highest BCUT2D eigenvalue weighted by atomic mass is 16.5. The topological polar surface area (TPSA) is 67.2 Å². The Labute approximate surface area is 123 Å². The molecule has 1 aromatic heterocycles. The average Bonchev–Trinajstić information content (AvgIpc) is 3.18. The molecule has 5 heteroatoms. The van der Waals surface area contributed by atoms with Gasteiger partial charge in [-0.15, -0.1) is 0 Å². The van der Waals surface area contributed by atoms with Gasteiger partial charge in [-0.1, -0.05) is 35.5 Å². The van der Waals surface area contributed by atoms with Crippen molar-refractivity contribution in [3.05, 3.63) is 42.2 Å². The maximum atomic E-state index is 12.2. The molecule has 5 nitrogen and oxygen atoms in total. The molecule has 2 aromatic rings. The van der Waals surface area contributed by atoms with E-state index >= 15 is 0 Å². The van der Waals surface area contributed by atoms with E-state index in [1.54, 1.807) is 7.05 Å². The van der Waals surface area contributed by atoms with Gasteiger partial charge in [0.05, 0.1) is 5.41 Å². The highest BCUT2D eigenvalue weighted by molar-refractivity contribution is 5.83. The number of hydrogen-bond donors (Lipinski definition) is 2. The summed E-state index contributed by atoms with van der Waals surface area (Å²) in [5, 5.41) is 10.1. The first-order valence-electron chi connectivity index (χ1n) is 7.17. The van der Waals surface area contributed by atoms with Gasteiger partial charge in [0.2, 0.25) is 5.91 Å². The van der Waals surface area contributed by atoms with E-state index in [0.29, 0.717) is 13.0 Å². The molecular formula is C16H19N3O2. The Kier molecular flexibility index (Phi) is 3.75. The van der Waals surface area contributed by atoms with E-state index in [1.165, 1.54) is 0 Å². The quantitative estimate of drug-likeness (QED) is 0.895. The van der Waals surface area contributed by atoms with E-state index < -0.39 is 5.41 Å². The number of nitrogens with one attached hydrogen (secondary N) is 2. The Bertz CT molecular complexity index is 615. The zero-order chi connectivity index (χ0) is 14.7. The minimum atomic E-state index is -0.428. The van der Waals surface area contributed by atoms with Crippen molar-refractivity contribution in [1.82, 2.24) is 15.8 Å². The summed E-state index contributed by atoms with van der Waals surface area (Å²) in [7, 11) is 1.68. The summed E-state index contributed by atoms with van der Waals surface area (Å²) in [4.78, 5) is 12.2. The summed E-state index contributed by atoms with van der Waals surface area (Å²) in [6, 6.07) is 11.8. The van der Waals surface area contributed by atoms with E-state index in [0.717, 1.165) is 30.0 Å². The second kappa shape index (κ2) is 5.69. The van der Waals surface area contributed by atoms with E-state index in [4.69, 9.17) is 4.52 Å². The average molecular weight is 285 g/mol. The van der Waals surface area contributed by atoms with Gasteiger partial charge in [0, 0.05) is 31.6 Å². The predicted molar refractivity (Wildman–Crippen MR) is 79.6 cm³/mol. The smallest absolute Gasteiger partial charge is 0.227 e. The highest BCUT2D eigenvalue weighted by Crippen LogP contribution is 2.31. The Morgan fingerprint density at radius 2 is 2.24 bits per heavy atom. The molecule has 0 aliphatic carbocycles. The third-order valence-electron chi connectivity index (χ3n) is 4.09. The standard InChI is InChI=1S/C16H19N3O2/c1-17-15(20)16(7-8-18-11-16)10-13-9-14(19-21-13)12-5-3-2-4-6-12/h2-6,9,18H,7-8,10-11H2,1H3,(H,17,20)/t16-/m0/s1. The van der Waals surface area contributed by atoms with Crippen LogP contribution in [0.15, 0.2) is 40.9 Å². The third kappa shape index (κ3) is 2.69. The maximum absolute atomic E-state index is 12.2. The molecule has 1 aliphatic rings. The molecule has 1 aromatic carbocycles. The highest BCUT2D eigenvalue weighted by Gasteiger charge is 2.41. The van der Waals surface area contributed by atoms with Crippen LogP contribution in [0.2, 0.25) is 0 Å². The van der Waals surface area contributed by atoms with Gasteiger partial charge in [-0.2, -0.15) is 0 Å². The summed E-state index contributed by atoms with van der Waals surface area (Å²) in [6.07, 6.45) is 1.38. The lowest BCUT2D eigenvalue weighted by atomic mass is 9.81. The number of benzene rings is 1. The zero-order valence-corrected chi connectivity index (χ0v) is 12.1. The fourth-order valence-corrected chi connectivity index (χ4v) is 2.91. The van der Waals surface area contributed by atoms with Crippen molar-refractivity contribution in [2.75, 3.05) is 20.1 Å². The monoisotopic (exact) mass is 285 g/mol. The van der Waals surface area contributed by atoms with Gasteiger partial charge in [0.15, 0.2) is 0 Å². The lowest BCUT2D eigenvalue weighted by Crippen LogP contribution is -2.42. The molecule has 2 heterocycles. The minimum Gasteiger partial charge on any atom is -0.361 e. The van der Waals surface area contributed by atoms with Crippen molar-refractivity contribution in [3.8, 4) is 11.3 Å².